The van der Waals surface area contributed by atoms with Crippen LogP contribution in [0.15, 0.2) is 48.6 Å². The second-order valence-electron chi connectivity index (χ2n) is 16.6. The molecule has 0 amide bonds. The maximum absolute atomic E-state index is 12.9. The summed E-state index contributed by atoms with van der Waals surface area (Å²) in [5.41, 5.74) is 0. The number of carbonyl (C=O) groups excluding carboxylic acids is 3. The van der Waals surface area contributed by atoms with Crippen LogP contribution in [-0.2, 0) is 46.6 Å². The molecule has 0 aromatic rings. The Morgan fingerprint density at radius 1 is 0.646 bits per heavy atom. The number of hydrogen-bond acceptors (Lipinski definition) is 14. The largest absolute Gasteiger partial charge is 0.472 e. The fourth-order valence-electron chi connectivity index (χ4n) is 7.01. The third-order valence-corrected chi connectivity index (χ3v) is 12.1. The van der Waals surface area contributed by atoms with Gasteiger partial charge in [-0.15, -0.1) is 0 Å². The molecule has 65 heavy (non-hydrogen) atoms. The molecule has 1 unspecified atom stereocenters. The maximum Gasteiger partial charge on any atom is 0.472 e. The molecule has 0 aromatic carbocycles. The average molecular weight is 967 g/mol. The van der Waals surface area contributed by atoms with Crippen molar-refractivity contribution in [3.05, 3.63) is 48.6 Å². The number of aliphatic hydroxyl groups excluding tert-OH is 4. The fourth-order valence-corrected chi connectivity index (χ4v) is 8.16. The Hall–Kier alpha value is -2.37. The van der Waals surface area contributed by atoms with Crippen molar-refractivity contribution in [2.24, 2.45) is 11.8 Å². The average Bonchev–Trinajstić information content (AvgIpc) is 3.51. The zero-order valence-electron chi connectivity index (χ0n) is 38.7. The normalized spacial score (nSPS) is 20.5. The third-order valence-electron chi connectivity index (χ3n) is 10.7. The Bertz CT molecular complexity index is 1510. The van der Waals surface area contributed by atoms with E-state index in [1.807, 2.05) is 12.2 Å². The number of rotatable bonds is 40. The Kier molecular flexibility index (Phi) is 34.2. The molecule has 0 saturated heterocycles. The predicted molar refractivity (Wildman–Crippen MR) is 246 cm³/mol. The number of ketones is 1. The van der Waals surface area contributed by atoms with Gasteiger partial charge in [0.2, 0.25) is 0 Å². The van der Waals surface area contributed by atoms with Gasteiger partial charge < -0.3 is 44.6 Å². The summed E-state index contributed by atoms with van der Waals surface area (Å²) in [6.07, 6.45) is 26.0. The van der Waals surface area contributed by atoms with Crippen LogP contribution < -0.4 is 0 Å². The smallest absolute Gasteiger partial charge is 0.462 e. The van der Waals surface area contributed by atoms with Crippen molar-refractivity contribution in [3.8, 4) is 0 Å². The first-order valence-corrected chi connectivity index (χ1v) is 26.5. The van der Waals surface area contributed by atoms with Crippen LogP contribution in [0.25, 0.3) is 0 Å². The van der Waals surface area contributed by atoms with E-state index in [1.165, 1.54) is 38.5 Å². The monoisotopic (exact) mass is 966 g/mol. The van der Waals surface area contributed by atoms with Crippen molar-refractivity contribution in [1.82, 2.24) is 0 Å². The molecule has 1 fully saturated rings. The van der Waals surface area contributed by atoms with E-state index in [9.17, 15) is 48.8 Å². The minimum Gasteiger partial charge on any atom is -0.462 e. The minimum atomic E-state index is -4.92. The number of ether oxygens (including phenoxy) is 2. The van der Waals surface area contributed by atoms with Crippen LogP contribution >= 0.6 is 15.6 Å². The highest BCUT2D eigenvalue weighted by Crippen LogP contribution is 2.44. The van der Waals surface area contributed by atoms with Crippen molar-refractivity contribution >= 4 is 33.4 Å². The van der Waals surface area contributed by atoms with Crippen LogP contribution in [0.1, 0.15) is 155 Å². The molecule has 1 aliphatic rings. The fraction of sp³-hybridized carbons (Fsp3) is 0.761. The van der Waals surface area contributed by atoms with Gasteiger partial charge >= 0.3 is 27.6 Å². The number of phosphoric acid groups is 2. The molecule has 19 heteroatoms. The van der Waals surface area contributed by atoms with Gasteiger partial charge in [-0.1, -0.05) is 114 Å². The molecule has 7 N–H and O–H groups in total. The van der Waals surface area contributed by atoms with Gasteiger partial charge in [0.15, 0.2) is 6.10 Å². The Labute approximate surface area is 386 Å². The second-order valence-corrected chi connectivity index (χ2v) is 19.3. The summed E-state index contributed by atoms with van der Waals surface area (Å²) < 4.78 is 47.7. The van der Waals surface area contributed by atoms with E-state index in [0.717, 1.165) is 38.5 Å². The summed E-state index contributed by atoms with van der Waals surface area (Å²) in [6.45, 7) is 1.17. The Balaban J connectivity index is 2.60. The summed E-state index contributed by atoms with van der Waals surface area (Å²) in [6, 6.07) is 0. The lowest BCUT2D eigenvalue weighted by atomic mass is 9.87. The van der Waals surface area contributed by atoms with Gasteiger partial charge in [-0.3, -0.25) is 28.0 Å². The second kappa shape index (κ2) is 36.6. The lowest BCUT2D eigenvalue weighted by Gasteiger charge is -2.21. The summed E-state index contributed by atoms with van der Waals surface area (Å²) in [4.78, 5) is 65.8. The van der Waals surface area contributed by atoms with E-state index in [-0.39, 0.29) is 44.3 Å². The zero-order chi connectivity index (χ0) is 48.4. The molecule has 0 aliphatic heterocycles. The molecule has 376 valence electrons. The zero-order valence-corrected chi connectivity index (χ0v) is 40.4. The SMILES string of the molecule is CCCCCCCC/C=C\C/C=C\C/C=C\CCCC(=O)O[C@H](COC(=O)CCCCC(=O)C[C@@H]1[C@@H](/C=C/[C@@H](O)CCCCC)[C@H](O)C[C@@H]1O)COP(=O)(O)OC[C@@H](O)COP(=O)(O)O. The number of Topliss-reactive ketones (excluding diaryl/α,β-unsaturated/α-hetero) is 1. The first-order chi connectivity index (χ1) is 31.0. The summed E-state index contributed by atoms with van der Waals surface area (Å²) in [5, 5.41) is 41.1. The van der Waals surface area contributed by atoms with Gasteiger partial charge in [-0.05, 0) is 57.8 Å². The Morgan fingerprint density at radius 3 is 1.89 bits per heavy atom. The van der Waals surface area contributed by atoms with Crippen LogP contribution in [-0.4, -0.2) is 110 Å². The van der Waals surface area contributed by atoms with Crippen LogP contribution in [0, 0.1) is 11.8 Å². The van der Waals surface area contributed by atoms with Gasteiger partial charge in [0.25, 0.3) is 0 Å². The topological polar surface area (TPSA) is 273 Å². The molecule has 0 radical (unpaired) electrons. The van der Waals surface area contributed by atoms with Crippen LogP contribution in [0.3, 0.4) is 0 Å². The van der Waals surface area contributed by atoms with Gasteiger partial charge in [-0.25, -0.2) is 9.13 Å². The molecule has 0 bridgehead atoms. The molecule has 0 spiro atoms. The lowest BCUT2D eigenvalue weighted by molar-refractivity contribution is -0.161. The molecule has 17 nitrogen and oxygen atoms in total. The molecule has 0 aromatic heterocycles. The van der Waals surface area contributed by atoms with Crippen LogP contribution in [0.4, 0.5) is 0 Å². The standard InChI is InChI=1S/C46H80O17P2/c1-3-5-7-8-9-10-11-12-13-14-15-16-17-18-19-20-22-28-46(53)63-40(36-62-65(57,58)61-34-39(49)33-60-64(54,55)56)35-59-45(52)27-24-23-26-38(48)31-42-41(43(50)32-44(42)51)30-29-37(47)25-21-6-4-2/h12-13,15-16,18-19,29-30,37,39-44,47,49-51H,3-11,14,17,20-28,31-36H2,1-2H3,(H,57,58)(H2,54,55,56)/b13-12-,16-15-,19-18-,30-29+/t37-,39-,40+,41+,42+,43+,44-/m0/s1. The lowest BCUT2D eigenvalue weighted by Crippen LogP contribution is -2.30. The van der Waals surface area contributed by atoms with Gasteiger partial charge in [-0.2, -0.15) is 0 Å². The first-order valence-electron chi connectivity index (χ1n) is 23.5. The molecular weight excluding hydrogens is 886 g/mol. The molecule has 1 saturated carbocycles. The van der Waals surface area contributed by atoms with E-state index < -0.39 is 96.4 Å². The first kappa shape index (κ1) is 60.6. The molecule has 0 heterocycles. The number of aliphatic hydroxyl groups is 4. The van der Waals surface area contributed by atoms with E-state index in [2.05, 4.69) is 47.2 Å². The van der Waals surface area contributed by atoms with E-state index in [0.29, 0.717) is 25.7 Å². The quantitative estimate of drug-likeness (QED) is 0.0134. The van der Waals surface area contributed by atoms with Crippen molar-refractivity contribution < 1.29 is 81.7 Å². The summed E-state index contributed by atoms with van der Waals surface area (Å²) >= 11 is 0. The predicted octanol–water partition coefficient (Wildman–Crippen LogP) is 7.79. The number of allylic oxidation sites excluding steroid dienone is 6. The number of carbonyl (C=O) groups is 3. The maximum atomic E-state index is 12.9. The number of phosphoric ester groups is 2. The summed E-state index contributed by atoms with van der Waals surface area (Å²) in [7, 11) is -9.83. The van der Waals surface area contributed by atoms with Gasteiger partial charge in [0.1, 0.15) is 18.5 Å². The van der Waals surface area contributed by atoms with Crippen LogP contribution in [0.2, 0.25) is 0 Å². The van der Waals surface area contributed by atoms with E-state index in [1.54, 1.807) is 12.2 Å². The molecule has 1 aliphatic carbocycles. The summed E-state index contributed by atoms with van der Waals surface area (Å²) in [5.74, 6) is -2.51. The number of hydrogen-bond donors (Lipinski definition) is 7. The Morgan fingerprint density at radius 2 is 1.22 bits per heavy atom. The van der Waals surface area contributed by atoms with E-state index in [4.69, 9.17) is 23.8 Å². The number of esters is 2. The van der Waals surface area contributed by atoms with E-state index >= 15 is 0 Å². The van der Waals surface area contributed by atoms with Crippen molar-refractivity contribution in [2.45, 2.75) is 186 Å². The van der Waals surface area contributed by atoms with Crippen LogP contribution in [0.5, 0.6) is 0 Å². The highest BCUT2D eigenvalue weighted by Gasteiger charge is 2.41. The molecule has 1 rings (SSSR count). The third kappa shape index (κ3) is 33.7. The highest BCUT2D eigenvalue weighted by molar-refractivity contribution is 7.47. The molecule has 8 atom stereocenters. The van der Waals surface area contributed by atoms with Crippen molar-refractivity contribution in [2.75, 3.05) is 26.4 Å². The van der Waals surface area contributed by atoms with Crippen molar-refractivity contribution in [1.29, 1.82) is 0 Å². The number of unbranched alkanes of at least 4 members (excludes halogenated alkanes) is 10. The van der Waals surface area contributed by atoms with Gasteiger partial charge in [0.05, 0.1) is 38.1 Å². The molecular formula is C46H80O17P2. The van der Waals surface area contributed by atoms with Crippen molar-refractivity contribution in [3.63, 3.8) is 0 Å². The van der Waals surface area contributed by atoms with Gasteiger partial charge in [0, 0.05) is 43.9 Å². The minimum absolute atomic E-state index is 0.0179. The highest BCUT2D eigenvalue weighted by atomic mass is 31.2.